The molecule has 16 heavy (non-hydrogen) atoms. The van der Waals surface area contributed by atoms with Crippen molar-refractivity contribution in [2.24, 2.45) is 5.92 Å². The third kappa shape index (κ3) is 3.20. The molecule has 0 aromatic carbocycles. The maximum Gasteiger partial charge on any atom is 0.220 e. The van der Waals surface area contributed by atoms with Gasteiger partial charge in [-0.3, -0.25) is 4.79 Å². The fourth-order valence-electron chi connectivity index (χ4n) is 2.67. The monoisotopic (exact) mass is 245 g/mol. The van der Waals surface area contributed by atoms with Gasteiger partial charge in [-0.2, -0.15) is 0 Å². The van der Waals surface area contributed by atoms with E-state index in [0.717, 1.165) is 12.8 Å². The Bertz CT molecular complexity index is 357. The molecule has 4 nitrogen and oxygen atoms in total. The predicted octanol–water partition coefficient (Wildman–Crippen LogP) is 0.870. The van der Waals surface area contributed by atoms with Crippen LogP contribution < -0.4 is 5.32 Å². The number of hydrogen-bond acceptors (Lipinski definition) is 3. The Morgan fingerprint density at radius 3 is 2.44 bits per heavy atom. The zero-order valence-corrected chi connectivity index (χ0v) is 10.3. The highest BCUT2D eigenvalue weighted by molar-refractivity contribution is 7.91. The Morgan fingerprint density at radius 1 is 1.19 bits per heavy atom. The minimum absolute atomic E-state index is 0.0361. The standard InChI is InChI=1S/C11H19NO3S/c13-11(7-9-3-1-2-4-9)12-10-5-6-16(14,15)8-10/h9-10H,1-8H2,(H,12,13)/t10-/m0/s1. The molecule has 1 aliphatic heterocycles. The van der Waals surface area contributed by atoms with Crippen molar-refractivity contribution in [1.29, 1.82) is 0 Å². The number of sulfone groups is 1. The van der Waals surface area contributed by atoms with Gasteiger partial charge in [0.1, 0.15) is 0 Å². The molecular formula is C11H19NO3S. The second-order valence-corrected chi connectivity index (χ2v) is 7.25. The Morgan fingerprint density at radius 2 is 1.88 bits per heavy atom. The summed E-state index contributed by atoms with van der Waals surface area (Å²) in [5, 5.41) is 2.84. The molecule has 1 amide bonds. The fourth-order valence-corrected chi connectivity index (χ4v) is 4.35. The summed E-state index contributed by atoms with van der Waals surface area (Å²) in [6.07, 6.45) is 5.92. The Labute approximate surface area is 96.7 Å². The highest BCUT2D eigenvalue weighted by Gasteiger charge is 2.29. The summed E-state index contributed by atoms with van der Waals surface area (Å²) < 4.78 is 22.4. The van der Waals surface area contributed by atoms with Crippen molar-refractivity contribution in [3.63, 3.8) is 0 Å². The highest BCUT2D eigenvalue weighted by Crippen LogP contribution is 2.27. The van der Waals surface area contributed by atoms with Crippen molar-refractivity contribution in [3.05, 3.63) is 0 Å². The topological polar surface area (TPSA) is 63.2 Å². The third-order valence-electron chi connectivity index (χ3n) is 3.55. The Hall–Kier alpha value is -0.580. The second-order valence-electron chi connectivity index (χ2n) is 5.02. The fraction of sp³-hybridized carbons (Fsp3) is 0.909. The van der Waals surface area contributed by atoms with Crippen molar-refractivity contribution < 1.29 is 13.2 Å². The van der Waals surface area contributed by atoms with Crippen molar-refractivity contribution in [2.45, 2.75) is 44.6 Å². The molecule has 1 saturated heterocycles. The molecule has 0 bridgehead atoms. The van der Waals surface area contributed by atoms with Crippen molar-refractivity contribution in [1.82, 2.24) is 5.32 Å². The normalized spacial score (nSPS) is 29.4. The van der Waals surface area contributed by atoms with Crippen LogP contribution in [0.4, 0.5) is 0 Å². The van der Waals surface area contributed by atoms with Crippen LogP contribution in [-0.4, -0.2) is 31.9 Å². The first-order chi connectivity index (χ1) is 7.55. The minimum atomic E-state index is -2.88. The summed E-state index contributed by atoms with van der Waals surface area (Å²) in [6.45, 7) is 0. The molecule has 0 unspecified atom stereocenters. The molecule has 1 N–H and O–H groups in total. The van der Waals surface area contributed by atoms with E-state index in [1.54, 1.807) is 0 Å². The van der Waals surface area contributed by atoms with Crippen LogP contribution in [0.15, 0.2) is 0 Å². The largest absolute Gasteiger partial charge is 0.352 e. The summed E-state index contributed by atoms with van der Waals surface area (Å²) in [7, 11) is -2.88. The summed E-state index contributed by atoms with van der Waals surface area (Å²) in [5.41, 5.74) is 0. The molecule has 1 saturated carbocycles. The maximum absolute atomic E-state index is 11.7. The first-order valence-corrected chi connectivity index (χ1v) is 7.87. The van der Waals surface area contributed by atoms with E-state index in [4.69, 9.17) is 0 Å². The smallest absolute Gasteiger partial charge is 0.220 e. The number of rotatable bonds is 3. The average molecular weight is 245 g/mol. The average Bonchev–Trinajstić information content (AvgIpc) is 2.76. The van der Waals surface area contributed by atoms with Crippen LogP contribution in [0.5, 0.6) is 0 Å². The molecule has 2 aliphatic rings. The number of carbonyl (C=O) groups excluding carboxylic acids is 1. The summed E-state index contributed by atoms with van der Waals surface area (Å²) in [5.74, 6) is 0.914. The highest BCUT2D eigenvalue weighted by atomic mass is 32.2. The SMILES string of the molecule is O=C(CC1CCCC1)N[C@H]1CCS(=O)(=O)C1. The van der Waals surface area contributed by atoms with Crippen LogP contribution in [0.3, 0.4) is 0 Å². The van der Waals surface area contributed by atoms with Gasteiger partial charge in [-0.05, 0) is 25.2 Å². The van der Waals surface area contributed by atoms with Gasteiger partial charge in [0.25, 0.3) is 0 Å². The van der Waals surface area contributed by atoms with Gasteiger partial charge in [-0.1, -0.05) is 12.8 Å². The van der Waals surface area contributed by atoms with Crippen molar-refractivity contribution >= 4 is 15.7 Å². The van der Waals surface area contributed by atoms with E-state index in [0.29, 0.717) is 18.8 Å². The second kappa shape index (κ2) is 4.73. The van der Waals surface area contributed by atoms with E-state index < -0.39 is 9.84 Å². The molecular weight excluding hydrogens is 226 g/mol. The van der Waals surface area contributed by atoms with Crippen molar-refractivity contribution in [3.8, 4) is 0 Å². The van der Waals surface area contributed by atoms with Gasteiger partial charge in [-0.15, -0.1) is 0 Å². The Kier molecular flexibility index (Phi) is 3.52. The van der Waals surface area contributed by atoms with Crippen LogP contribution in [-0.2, 0) is 14.6 Å². The van der Waals surface area contributed by atoms with E-state index in [9.17, 15) is 13.2 Å². The quantitative estimate of drug-likeness (QED) is 0.802. The lowest BCUT2D eigenvalue weighted by Gasteiger charge is -2.13. The van der Waals surface area contributed by atoms with Gasteiger partial charge in [0.2, 0.25) is 5.91 Å². The summed E-state index contributed by atoms with van der Waals surface area (Å²) in [6, 6.07) is -0.140. The predicted molar refractivity (Wildman–Crippen MR) is 61.8 cm³/mol. The first kappa shape index (κ1) is 11.9. The van der Waals surface area contributed by atoms with E-state index in [1.165, 1.54) is 12.8 Å². The molecule has 1 atom stereocenters. The zero-order chi connectivity index (χ0) is 11.6. The molecule has 0 aromatic rings. The van der Waals surface area contributed by atoms with Crippen LogP contribution in [0.25, 0.3) is 0 Å². The van der Waals surface area contributed by atoms with Gasteiger partial charge in [0.05, 0.1) is 11.5 Å². The molecule has 0 spiro atoms. The van der Waals surface area contributed by atoms with E-state index in [1.807, 2.05) is 0 Å². The van der Waals surface area contributed by atoms with Crippen LogP contribution in [0.2, 0.25) is 0 Å². The lowest BCUT2D eigenvalue weighted by atomic mass is 10.0. The lowest BCUT2D eigenvalue weighted by molar-refractivity contribution is -0.122. The van der Waals surface area contributed by atoms with Gasteiger partial charge >= 0.3 is 0 Å². The number of amides is 1. The number of carbonyl (C=O) groups is 1. The zero-order valence-electron chi connectivity index (χ0n) is 9.44. The van der Waals surface area contributed by atoms with E-state index in [-0.39, 0.29) is 23.5 Å². The summed E-state index contributed by atoms with van der Waals surface area (Å²) >= 11 is 0. The van der Waals surface area contributed by atoms with E-state index >= 15 is 0 Å². The molecule has 1 heterocycles. The third-order valence-corrected chi connectivity index (χ3v) is 5.31. The van der Waals surface area contributed by atoms with Gasteiger partial charge in [0, 0.05) is 12.5 Å². The maximum atomic E-state index is 11.7. The van der Waals surface area contributed by atoms with Crippen LogP contribution >= 0.6 is 0 Å². The van der Waals surface area contributed by atoms with Crippen molar-refractivity contribution in [2.75, 3.05) is 11.5 Å². The first-order valence-electron chi connectivity index (χ1n) is 6.05. The van der Waals surface area contributed by atoms with Gasteiger partial charge in [0.15, 0.2) is 9.84 Å². The van der Waals surface area contributed by atoms with Crippen LogP contribution in [0, 0.1) is 5.92 Å². The lowest BCUT2D eigenvalue weighted by Crippen LogP contribution is -2.36. The van der Waals surface area contributed by atoms with Gasteiger partial charge in [-0.25, -0.2) is 8.42 Å². The number of hydrogen-bond donors (Lipinski definition) is 1. The number of nitrogens with one attached hydrogen (secondary N) is 1. The van der Waals surface area contributed by atoms with Gasteiger partial charge < -0.3 is 5.32 Å². The molecule has 92 valence electrons. The molecule has 5 heteroatoms. The summed E-state index contributed by atoms with van der Waals surface area (Å²) in [4.78, 5) is 11.7. The van der Waals surface area contributed by atoms with E-state index in [2.05, 4.69) is 5.32 Å². The molecule has 0 radical (unpaired) electrons. The van der Waals surface area contributed by atoms with Crippen LogP contribution in [0.1, 0.15) is 38.5 Å². The minimum Gasteiger partial charge on any atom is -0.352 e. The Balaban J connectivity index is 1.75. The molecule has 2 fully saturated rings. The molecule has 2 rings (SSSR count). The molecule has 1 aliphatic carbocycles. The molecule has 0 aromatic heterocycles.